The van der Waals surface area contributed by atoms with Gasteiger partial charge < -0.3 is 10.2 Å². The normalized spacial score (nSPS) is 16.3. The third-order valence-electron chi connectivity index (χ3n) is 5.03. The first-order valence-electron chi connectivity index (χ1n) is 9.15. The predicted molar refractivity (Wildman–Crippen MR) is 113 cm³/mol. The van der Waals surface area contributed by atoms with Crippen LogP contribution in [0.15, 0.2) is 30.5 Å². The summed E-state index contributed by atoms with van der Waals surface area (Å²) in [6.45, 7) is 7.29. The van der Waals surface area contributed by atoms with Crippen molar-refractivity contribution in [2.24, 2.45) is 0 Å². The molecule has 0 spiro atoms. The Labute approximate surface area is 172 Å². The zero-order chi connectivity index (χ0) is 19.7. The number of piperazine rings is 1. The minimum Gasteiger partial charge on any atom is -0.344 e. The fourth-order valence-electron chi connectivity index (χ4n) is 3.45. The molecule has 1 atom stereocenters. The SMILES string of the molecule is CC(=O)Nc1nnc(N2CCN(C(C)c3ccc4c(Cl)ccnc4c3)CC2)s1. The van der Waals surface area contributed by atoms with Gasteiger partial charge in [0.25, 0.3) is 0 Å². The first-order valence-corrected chi connectivity index (χ1v) is 10.3. The highest BCUT2D eigenvalue weighted by atomic mass is 35.5. The van der Waals surface area contributed by atoms with Gasteiger partial charge in [-0.2, -0.15) is 0 Å². The van der Waals surface area contributed by atoms with Crippen molar-refractivity contribution in [1.29, 1.82) is 0 Å². The quantitative estimate of drug-likeness (QED) is 0.700. The second-order valence-electron chi connectivity index (χ2n) is 6.84. The van der Waals surface area contributed by atoms with E-state index >= 15 is 0 Å². The molecule has 7 nitrogen and oxygen atoms in total. The average Bonchev–Trinajstić information content (AvgIpc) is 3.15. The molecule has 2 aromatic heterocycles. The fraction of sp³-hybridized carbons (Fsp3) is 0.368. The maximum atomic E-state index is 11.1. The Morgan fingerprint density at radius 3 is 2.75 bits per heavy atom. The maximum Gasteiger partial charge on any atom is 0.223 e. The number of rotatable bonds is 4. The Balaban J connectivity index is 1.42. The molecule has 1 aromatic carbocycles. The third kappa shape index (κ3) is 3.94. The van der Waals surface area contributed by atoms with Crippen molar-refractivity contribution in [3.8, 4) is 0 Å². The lowest BCUT2D eigenvalue weighted by molar-refractivity contribution is -0.114. The number of hydrogen-bond acceptors (Lipinski definition) is 7. The van der Waals surface area contributed by atoms with E-state index in [1.165, 1.54) is 23.8 Å². The molecule has 1 fully saturated rings. The van der Waals surface area contributed by atoms with Gasteiger partial charge in [-0.05, 0) is 24.6 Å². The smallest absolute Gasteiger partial charge is 0.223 e. The number of nitrogens with one attached hydrogen (secondary N) is 1. The molecule has 3 heterocycles. The van der Waals surface area contributed by atoms with E-state index in [-0.39, 0.29) is 11.9 Å². The van der Waals surface area contributed by atoms with Crippen LogP contribution in [0.4, 0.5) is 10.3 Å². The summed E-state index contributed by atoms with van der Waals surface area (Å²) in [5, 5.41) is 14.0. The molecule has 3 aromatic rings. The van der Waals surface area contributed by atoms with Crippen LogP contribution in [0.1, 0.15) is 25.5 Å². The van der Waals surface area contributed by atoms with Gasteiger partial charge in [0.15, 0.2) is 0 Å². The average molecular weight is 417 g/mol. The van der Waals surface area contributed by atoms with E-state index in [1.807, 2.05) is 6.07 Å². The van der Waals surface area contributed by atoms with Gasteiger partial charge in [-0.15, -0.1) is 10.2 Å². The zero-order valence-electron chi connectivity index (χ0n) is 15.7. The van der Waals surface area contributed by atoms with Crippen LogP contribution >= 0.6 is 22.9 Å². The van der Waals surface area contributed by atoms with Gasteiger partial charge >= 0.3 is 0 Å². The molecular weight excluding hydrogens is 396 g/mol. The van der Waals surface area contributed by atoms with E-state index in [0.717, 1.165) is 47.2 Å². The highest BCUT2D eigenvalue weighted by Gasteiger charge is 2.24. The van der Waals surface area contributed by atoms with E-state index in [4.69, 9.17) is 11.6 Å². The van der Waals surface area contributed by atoms with E-state index in [2.05, 4.69) is 55.4 Å². The number of amides is 1. The second kappa shape index (κ2) is 7.98. The van der Waals surface area contributed by atoms with Crippen molar-refractivity contribution < 1.29 is 4.79 Å². The predicted octanol–water partition coefficient (Wildman–Crippen LogP) is 3.58. The number of pyridine rings is 1. The number of anilines is 2. The number of aromatic nitrogens is 3. The van der Waals surface area contributed by atoms with Crippen LogP contribution in [-0.2, 0) is 4.79 Å². The molecular formula is C19H21ClN6OS. The van der Waals surface area contributed by atoms with Gasteiger partial charge in [-0.3, -0.25) is 14.7 Å². The van der Waals surface area contributed by atoms with Crippen LogP contribution in [0.5, 0.6) is 0 Å². The summed E-state index contributed by atoms with van der Waals surface area (Å²) in [5.74, 6) is -0.132. The summed E-state index contributed by atoms with van der Waals surface area (Å²) in [7, 11) is 0. The fourth-order valence-corrected chi connectivity index (χ4v) is 4.50. The van der Waals surface area contributed by atoms with Crippen molar-refractivity contribution in [2.75, 3.05) is 36.4 Å². The van der Waals surface area contributed by atoms with Crippen LogP contribution in [0, 0.1) is 0 Å². The van der Waals surface area contributed by atoms with Crippen LogP contribution < -0.4 is 10.2 Å². The maximum absolute atomic E-state index is 11.1. The summed E-state index contributed by atoms with van der Waals surface area (Å²) in [5.41, 5.74) is 2.16. The van der Waals surface area contributed by atoms with Gasteiger partial charge in [-0.1, -0.05) is 35.1 Å². The molecule has 1 N–H and O–H groups in total. The molecule has 146 valence electrons. The Morgan fingerprint density at radius 2 is 2.00 bits per heavy atom. The molecule has 1 amide bonds. The summed E-state index contributed by atoms with van der Waals surface area (Å²) in [6.07, 6.45) is 1.75. The summed E-state index contributed by atoms with van der Waals surface area (Å²) in [4.78, 5) is 20.3. The minimum absolute atomic E-state index is 0.132. The van der Waals surface area contributed by atoms with Gasteiger partial charge in [0.2, 0.25) is 16.2 Å². The molecule has 9 heteroatoms. The number of carbonyl (C=O) groups is 1. The topological polar surface area (TPSA) is 74.2 Å². The number of hydrogen-bond donors (Lipinski definition) is 1. The Kier molecular flexibility index (Phi) is 5.43. The number of fused-ring (bicyclic) bond motifs is 1. The first-order chi connectivity index (χ1) is 13.5. The number of halogens is 1. The van der Waals surface area contributed by atoms with Crippen molar-refractivity contribution in [1.82, 2.24) is 20.1 Å². The van der Waals surface area contributed by atoms with E-state index in [9.17, 15) is 4.79 Å². The van der Waals surface area contributed by atoms with E-state index < -0.39 is 0 Å². The summed E-state index contributed by atoms with van der Waals surface area (Å²) in [6, 6.07) is 8.42. The molecule has 28 heavy (non-hydrogen) atoms. The Hall–Kier alpha value is -2.29. The highest BCUT2D eigenvalue weighted by molar-refractivity contribution is 7.19. The largest absolute Gasteiger partial charge is 0.344 e. The molecule has 0 aliphatic carbocycles. The highest BCUT2D eigenvalue weighted by Crippen LogP contribution is 2.29. The molecule has 1 aliphatic rings. The molecule has 4 rings (SSSR count). The minimum atomic E-state index is -0.132. The van der Waals surface area contributed by atoms with Crippen LogP contribution in [-0.4, -0.2) is 52.2 Å². The van der Waals surface area contributed by atoms with Gasteiger partial charge in [0, 0.05) is 50.7 Å². The standard InChI is InChI=1S/C19H21ClN6OS/c1-12(14-3-4-15-16(20)5-6-21-17(15)11-14)25-7-9-26(10-8-25)19-24-23-18(28-19)22-13(2)27/h3-6,11-12H,7-10H2,1-2H3,(H,22,23,27). The van der Waals surface area contributed by atoms with Crippen LogP contribution in [0.25, 0.3) is 10.9 Å². The molecule has 0 saturated carbocycles. The summed E-state index contributed by atoms with van der Waals surface area (Å²) >= 11 is 7.66. The van der Waals surface area contributed by atoms with Crippen molar-refractivity contribution >= 4 is 50.0 Å². The van der Waals surface area contributed by atoms with E-state index in [0.29, 0.717) is 5.13 Å². The lowest BCUT2D eigenvalue weighted by Crippen LogP contribution is -2.47. The summed E-state index contributed by atoms with van der Waals surface area (Å²) < 4.78 is 0. The lowest BCUT2D eigenvalue weighted by atomic mass is 10.0. The zero-order valence-corrected chi connectivity index (χ0v) is 17.3. The van der Waals surface area contributed by atoms with Crippen molar-refractivity contribution in [2.45, 2.75) is 19.9 Å². The third-order valence-corrected chi connectivity index (χ3v) is 6.25. The molecule has 1 unspecified atom stereocenters. The lowest BCUT2D eigenvalue weighted by Gasteiger charge is -2.38. The molecule has 0 radical (unpaired) electrons. The Morgan fingerprint density at radius 1 is 1.21 bits per heavy atom. The second-order valence-corrected chi connectivity index (χ2v) is 8.20. The van der Waals surface area contributed by atoms with Crippen molar-refractivity contribution in [3.63, 3.8) is 0 Å². The molecule has 1 saturated heterocycles. The molecule has 0 bridgehead atoms. The van der Waals surface area contributed by atoms with E-state index in [1.54, 1.807) is 6.20 Å². The molecule has 1 aliphatic heterocycles. The Bertz CT molecular complexity index is 1000. The monoisotopic (exact) mass is 416 g/mol. The van der Waals surface area contributed by atoms with Gasteiger partial charge in [-0.25, -0.2) is 0 Å². The van der Waals surface area contributed by atoms with Gasteiger partial charge in [0.1, 0.15) is 0 Å². The van der Waals surface area contributed by atoms with Crippen LogP contribution in [0.2, 0.25) is 5.02 Å². The van der Waals surface area contributed by atoms with Crippen LogP contribution in [0.3, 0.4) is 0 Å². The number of carbonyl (C=O) groups excluding carboxylic acids is 1. The van der Waals surface area contributed by atoms with Gasteiger partial charge in [0.05, 0.1) is 10.5 Å². The number of benzene rings is 1. The first kappa shape index (κ1) is 19.0. The van der Waals surface area contributed by atoms with Crippen molar-refractivity contribution in [3.05, 3.63) is 41.0 Å². The number of nitrogens with zero attached hydrogens (tertiary/aromatic N) is 5.